The van der Waals surface area contributed by atoms with E-state index >= 15 is 0 Å². The number of halogens is 2. The van der Waals surface area contributed by atoms with Crippen molar-refractivity contribution in [2.75, 3.05) is 13.7 Å². The molecular formula is C25H22Cl2N2O5. The van der Waals surface area contributed by atoms with Crippen molar-refractivity contribution in [2.24, 2.45) is 5.10 Å². The van der Waals surface area contributed by atoms with E-state index in [9.17, 15) is 9.59 Å². The molecule has 0 saturated heterocycles. The molecule has 1 amide bonds. The summed E-state index contributed by atoms with van der Waals surface area (Å²) in [5, 5.41) is 4.52. The third-order valence-electron chi connectivity index (χ3n) is 4.70. The number of benzene rings is 3. The maximum Gasteiger partial charge on any atom is 0.345 e. The van der Waals surface area contributed by atoms with Gasteiger partial charge in [-0.25, -0.2) is 10.2 Å². The van der Waals surface area contributed by atoms with Gasteiger partial charge in [-0.05, 0) is 66.9 Å². The van der Waals surface area contributed by atoms with Crippen LogP contribution in [0, 0.1) is 13.8 Å². The largest absolute Gasteiger partial charge is 0.493 e. The molecular weight excluding hydrogens is 479 g/mol. The normalized spacial score (nSPS) is 10.7. The number of amides is 1. The molecule has 0 aliphatic carbocycles. The van der Waals surface area contributed by atoms with Crippen LogP contribution in [0.4, 0.5) is 0 Å². The molecule has 0 bridgehead atoms. The van der Waals surface area contributed by atoms with E-state index in [0.717, 1.165) is 11.1 Å². The van der Waals surface area contributed by atoms with Gasteiger partial charge in [-0.15, -0.1) is 0 Å². The predicted octanol–water partition coefficient (Wildman–Crippen LogP) is 5.37. The van der Waals surface area contributed by atoms with E-state index in [0.29, 0.717) is 22.1 Å². The number of carbonyl (C=O) groups is 2. The van der Waals surface area contributed by atoms with Crippen LogP contribution in [0.2, 0.25) is 10.0 Å². The second kappa shape index (κ2) is 11.5. The highest BCUT2D eigenvalue weighted by Gasteiger charge is 2.16. The highest BCUT2D eigenvalue weighted by molar-refractivity contribution is 6.36. The average Bonchev–Trinajstić information content (AvgIpc) is 2.79. The van der Waals surface area contributed by atoms with E-state index in [4.69, 9.17) is 37.4 Å². The maximum atomic E-state index is 12.5. The Bertz CT molecular complexity index is 1220. The first-order valence-electron chi connectivity index (χ1n) is 10.1. The summed E-state index contributed by atoms with van der Waals surface area (Å²) in [5.41, 5.74) is 5.08. The molecule has 0 unspecified atom stereocenters. The minimum Gasteiger partial charge on any atom is -0.493 e. The summed E-state index contributed by atoms with van der Waals surface area (Å²) in [6.45, 7) is 3.65. The summed E-state index contributed by atoms with van der Waals surface area (Å²) < 4.78 is 16.3. The zero-order valence-corrected chi connectivity index (χ0v) is 20.2. The average molecular weight is 501 g/mol. The highest BCUT2D eigenvalue weighted by atomic mass is 35.5. The fourth-order valence-electron chi connectivity index (χ4n) is 3.03. The van der Waals surface area contributed by atoms with Crippen LogP contribution in [-0.4, -0.2) is 31.8 Å². The van der Waals surface area contributed by atoms with Crippen LogP contribution in [0.5, 0.6) is 17.2 Å². The van der Waals surface area contributed by atoms with Crippen LogP contribution in [0.3, 0.4) is 0 Å². The first-order chi connectivity index (χ1) is 16.3. The van der Waals surface area contributed by atoms with Crippen LogP contribution >= 0.6 is 23.2 Å². The van der Waals surface area contributed by atoms with E-state index in [-0.39, 0.29) is 22.9 Å². The van der Waals surface area contributed by atoms with Crippen molar-refractivity contribution in [1.29, 1.82) is 0 Å². The molecule has 0 saturated carbocycles. The van der Waals surface area contributed by atoms with E-state index in [2.05, 4.69) is 10.5 Å². The molecule has 0 spiro atoms. The van der Waals surface area contributed by atoms with Gasteiger partial charge in [-0.1, -0.05) is 41.4 Å². The Kier molecular flexibility index (Phi) is 8.51. The molecule has 3 rings (SSSR count). The second-order valence-electron chi connectivity index (χ2n) is 7.23. The zero-order chi connectivity index (χ0) is 24.7. The van der Waals surface area contributed by atoms with E-state index in [1.165, 1.54) is 25.5 Å². The van der Waals surface area contributed by atoms with Crippen LogP contribution in [0.15, 0.2) is 59.7 Å². The van der Waals surface area contributed by atoms with Crippen LogP contribution in [0.1, 0.15) is 27.0 Å². The topological polar surface area (TPSA) is 86.2 Å². The molecule has 0 fully saturated rings. The molecule has 34 heavy (non-hydrogen) atoms. The van der Waals surface area contributed by atoms with Crippen LogP contribution in [0.25, 0.3) is 0 Å². The van der Waals surface area contributed by atoms with E-state index in [1.807, 2.05) is 32.0 Å². The maximum absolute atomic E-state index is 12.5. The van der Waals surface area contributed by atoms with Gasteiger partial charge in [0.2, 0.25) is 0 Å². The van der Waals surface area contributed by atoms with Gasteiger partial charge in [0.05, 0.1) is 23.9 Å². The number of hydrogen-bond donors (Lipinski definition) is 1. The summed E-state index contributed by atoms with van der Waals surface area (Å²) >= 11 is 11.9. The van der Waals surface area contributed by atoms with Crippen LogP contribution in [-0.2, 0) is 4.79 Å². The fourth-order valence-corrected chi connectivity index (χ4v) is 3.52. The Morgan fingerprint density at radius 3 is 2.41 bits per heavy atom. The molecule has 1 N–H and O–H groups in total. The van der Waals surface area contributed by atoms with Gasteiger partial charge in [0.1, 0.15) is 5.75 Å². The summed E-state index contributed by atoms with van der Waals surface area (Å²) in [7, 11) is 1.44. The number of nitrogens with one attached hydrogen (secondary N) is 1. The smallest absolute Gasteiger partial charge is 0.345 e. The second-order valence-corrected chi connectivity index (χ2v) is 8.07. The molecule has 0 radical (unpaired) electrons. The number of aryl methyl sites for hydroxylation is 2. The number of ether oxygens (including phenoxy) is 3. The number of hydrazone groups is 1. The van der Waals surface area contributed by atoms with Crippen molar-refractivity contribution < 1.29 is 23.8 Å². The Balaban J connectivity index is 1.60. The van der Waals surface area contributed by atoms with E-state index in [1.54, 1.807) is 24.3 Å². The Hall–Kier alpha value is -3.55. The molecule has 0 aliphatic rings. The lowest BCUT2D eigenvalue weighted by molar-refractivity contribution is -0.123. The van der Waals surface area contributed by atoms with Gasteiger partial charge >= 0.3 is 5.97 Å². The first-order valence-corrected chi connectivity index (χ1v) is 10.9. The summed E-state index contributed by atoms with van der Waals surface area (Å²) in [6, 6.07) is 15.0. The van der Waals surface area contributed by atoms with Gasteiger partial charge in [0.25, 0.3) is 5.91 Å². The number of methoxy groups -OCH3 is 1. The van der Waals surface area contributed by atoms with Gasteiger partial charge in [-0.3, -0.25) is 4.79 Å². The summed E-state index contributed by atoms with van der Waals surface area (Å²) in [5.74, 6) is 0.110. The Labute approximate surface area is 207 Å². The summed E-state index contributed by atoms with van der Waals surface area (Å²) in [6.07, 6.45) is 1.43. The molecule has 3 aromatic rings. The number of nitrogens with zero attached hydrogens (tertiary/aromatic N) is 1. The molecule has 0 aromatic heterocycles. The van der Waals surface area contributed by atoms with E-state index < -0.39 is 11.9 Å². The third kappa shape index (κ3) is 6.50. The van der Waals surface area contributed by atoms with Gasteiger partial charge in [0, 0.05) is 5.02 Å². The lowest BCUT2D eigenvalue weighted by atomic mass is 10.1. The third-order valence-corrected chi connectivity index (χ3v) is 5.25. The monoisotopic (exact) mass is 500 g/mol. The van der Waals surface area contributed by atoms with Gasteiger partial charge in [-0.2, -0.15) is 5.10 Å². The molecule has 0 atom stereocenters. The molecule has 0 heterocycles. The predicted molar refractivity (Wildman–Crippen MR) is 132 cm³/mol. The van der Waals surface area contributed by atoms with Crippen molar-refractivity contribution in [2.45, 2.75) is 13.8 Å². The molecule has 9 heteroatoms. The molecule has 176 valence electrons. The van der Waals surface area contributed by atoms with Crippen molar-refractivity contribution in [3.8, 4) is 17.2 Å². The number of esters is 1. The fraction of sp³-hybridized carbons (Fsp3) is 0.160. The SMILES string of the molecule is COc1cc(/C=N/NC(=O)COc2c(C)cccc2C)ccc1OC(=O)c1ccc(Cl)cc1Cl. The summed E-state index contributed by atoms with van der Waals surface area (Å²) in [4.78, 5) is 24.5. The minimum atomic E-state index is -0.655. The number of carbonyl (C=O) groups excluding carboxylic acids is 2. The van der Waals surface area contributed by atoms with Crippen LogP contribution < -0.4 is 19.6 Å². The highest BCUT2D eigenvalue weighted by Crippen LogP contribution is 2.30. The Morgan fingerprint density at radius 1 is 1.00 bits per heavy atom. The number of hydrogen-bond acceptors (Lipinski definition) is 6. The minimum absolute atomic E-state index is 0.171. The first kappa shape index (κ1) is 25.1. The molecule has 3 aromatic carbocycles. The lowest BCUT2D eigenvalue weighted by Crippen LogP contribution is -2.25. The van der Waals surface area contributed by atoms with Crippen molar-refractivity contribution in [1.82, 2.24) is 5.43 Å². The van der Waals surface area contributed by atoms with Gasteiger partial charge in [0.15, 0.2) is 18.1 Å². The number of para-hydroxylation sites is 1. The molecule has 0 aliphatic heterocycles. The van der Waals surface area contributed by atoms with Gasteiger partial charge < -0.3 is 14.2 Å². The van der Waals surface area contributed by atoms with Crippen molar-refractivity contribution >= 4 is 41.3 Å². The quantitative estimate of drug-likeness (QED) is 0.194. The number of rotatable bonds is 8. The standard InChI is InChI=1S/C25H22Cl2N2O5/c1-15-5-4-6-16(2)24(15)33-14-23(30)29-28-13-17-7-10-21(22(11-17)32-3)34-25(31)19-9-8-18(26)12-20(19)27/h4-13H,14H2,1-3H3,(H,29,30)/b28-13+. The van der Waals surface area contributed by atoms with Crippen molar-refractivity contribution in [3.63, 3.8) is 0 Å². The molecule has 7 nitrogen and oxygen atoms in total. The van der Waals surface area contributed by atoms with Crippen molar-refractivity contribution in [3.05, 3.63) is 86.9 Å². The Morgan fingerprint density at radius 2 is 1.74 bits per heavy atom. The lowest BCUT2D eigenvalue weighted by Gasteiger charge is -2.11. The zero-order valence-electron chi connectivity index (χ0n) is 18.7.